The number of rotatable bonds is 6. The summed E-state index contributed by atoms with van der Waals surface area (Å²) in [4.78, 5) is 38.2. The molecule has 0 radical (unpaired) electrons. The quantitative estimate of drug-likeness (QED) is 0.617. The normalized spacial score (nSPS) is 21.6. The van der Waals surface area contributed by atoms with Gasteiger partial charge in [0.1, 0.15) is 18.9 Å². The lowest BCUT2D eigenvalue weighted by Gasteiger charge is -2.19. The van der Waals surface area contributed by atoms with Crippen molar-refractivity contribution < 1.29 is 19.1 Å². The summed E-state index contributed by atoms with van der Waals surface area (Å²) in [6.45, 7) is 0.428. The van der Waals surface area contributed by atoms with Crippen molar-refractivity contribution in [2.45, 2.75) is 25.7 Å². The van der Waals surface area contributed by atoms with Crippen molar-refractivity contribution in [3.63, 3.8) is 0 Å². The first-order valence-electron chi connectivity index (χ1n) is 9.87. The summed E-state index contributed by atoms with van der Waals surface area (Å²) in [7, 11) is 0. The standard InChI is InChI=1S/C22H24N2O4/c25-20(14-24-21(26)17-9-3-4-10-18(17)22(24)27)23-12-13-28-19-11-5-7-15-6-1-2-8-16(15)19/h1-2,5-8,11,17-18H,3-4,9-10,12-14H2,(H,23,25). The predicted octanol–water partition coefficient (Wildman–Crippen LogP) is 2.51. The molecule has 1 heterocycles. The SMILES string of the molecule is O=C(CN1C(=O)C2CCCCC2C1=O)NCCOc1cccc2ccccc12. The first kappa shape index (κ1) is 18.5. The van der Waals surface area contributed by atoms with Crippen LogP contribution in [0.5, 0.6) is 5.75 Å². The van der Waals surface area contributed by atoms with Crippen LogP contribution < -0.4 is 10.1 Å². The van der Waals surface area contributed by atoms with Gasteiger partial charge in [-0.05, 0) is 24.3 Å². The Morgan fingerprint density at radius 1 is 1.00 bits per heavy atom. The largest absolute Gasteiger partial charge is 0.491 e. The molecule has 1 aliphatic heterocycles. The van der Waals surface area contributed by atoms with E-state index in [-0.39, 0.29) is 36.1 Å². The van der Waals surface area contributed by atoms with Crippen molar-refractivity contribution in [3.05, 3.63) is 42.5 Å². The molecule has 146 valence electrons. The molecule has 28 heavy (non-hydrogen) atoms. The van der Waals surface area contributed by atoms with E-state index >= 15 is 0 Å². The van der Waals surface area contributed by atoms with Crippen LogP contribution in [-0.2, 0) is 14.4 Å². The number of carbonyl (C=O) groups is 3. The average molecular weight is 380 g/mol. The lowest BCUT2D eigenvalue weighted by Crippen LogP contribution is -2.42. The van der Waals surface area contributed by atoms with Gasteiger partial charge in [0, 0.05) is 5.39 Å². The van der Waals surface area contributed by atoms with Gasteiger partial charge in [-0.3, -0.25) is 19.3 Å². The van der Waals surface area contributed by atoms with Gasteiger partial charge in [0.2, 0.25) is 17.7 Å². The van der Waals surface area contributed by atoms with E-state index in [1.807, 2.05) is 42.5 Å². The third-order valence-corrected chi connectivity index (χ3v) is 5.67. The number of likely N-dealkylation sites (tertiary alicyclic amines) is 1. The monoisotopic (exact) mass is 380 g/mol. The molecule has 0 spiro atoms. The highest BCUT2D eigenvalue weighted by Crippen LogP contribution is 2.37. The Bertz CT molecular complexity index is 881. The zero-order valence-electron chi connectivity index (χ0n) is 15.7. The fraction of sp³-hybridized carbons (Fsp3) is 0.409. The Morgan fingerprint density at radius 2 is 1.68 bits per heavy atom. The summed E-state index contributed by atoms with van der Waals surface area (Å²) in [6, 6.07) is 13.8. The molecule has 6 heteroatoms. The molecular weight excluding hydrogens is 356 g/mol. The van der Waals surface area contributed by atoms with Crippen LogP contribution in [0.25, 0.3) is 10.8 Å². The van der Waals surface area contributed by atoms with Crippen LogP contribution in [0, 0.1) is 11.8 Å². The van der Waals surface area contributed by atoms with E-state index in [1.54, 1.807) is 0 Å². The highest BCUT2D eigenvalue weighted by atomic mass is 16.5. The smallest absolute Gasteiger partial charge is 0.240 e. The van der Waals surface area contributed by atoms with Gasteiger partial charge < -0.3 is 10.1 Å². The van der Waals surface area contributed by atoms with Crippen molar-refractivity contribution in [1.82, 2.24) is 10.2 Å². The Morgan fingerprint density at radius 3 is 2.43 bits per heavy atom. The molecule has 1 N–H and O–H groups in total. The second-order valence-electron chi connectivity index (χ2n) is 7.44. The third-order valence-electron chi connectivity index (χ3n) is 5.67. The summed E-state index contributed by atoms with van der Waals surface area (Å²) in [6.07, 6.45) is 3.47. The molecule has 4 rings (SSSR count). The van der Waals surface area contributed by atoms with Crippen molar-refractivity contribution in [1.29, 1.82) is 0 Å². The number of hydrogen-bond donors (Lipinski definition) is 1. The van der Waals surface area contributed by atoms with E-state index in [0.29, 0.717) is 13.2 Å². The van der Waals surface area contributed by atoms with E-state index in [4.69, 9.17) is 4.74 Å². The minimum absolute atomic E-state index is 0.183. The molecule has 0 bridgehead atoms. The van der Waals surface area contributed by atoms with Crippen molar-refractivity contribution in [2.75, 3.05) is 19.7 Å². The zero-order chi connectivity index (χ0) is 19.5. The summed E-state index contributed by atoms with van der Waals surface area (Å²) in [5.74, 6) is -0.371. The molecule has 6 nitrogen and oxygen atoms in total. The van der Waals surface area contributed by atoms with Gasteiger partial charge in [-0.15, -0.1) is 0 Å². The van der Waals surface area contributed by atoms with E-state index < -0.39 is 0 Å². The van der Waals surface area contributed by atoms with Gasteiger partial charge in [0.05, 0.1) is 18.4 Å². The summed E-state index contributed by atoms with van der Waals surface area (Å²) in [5, 5.41) is 4.85. The lowest BCUT2D eigenvalue weighted by atomic mass is 9.81. The maximum Gasteiger partial charge on any atom is 0.240 e. The molecule has 1 aliphatic carbocycles. The van der Waals surface area contributed by atoms with Crippen LogP contribution in [0.1, 0.15) is 25.7 Å². The topological polar surface area (TPSA) is 75.7 Å². The number of amides is 3. The third kappa shape index (κ3) is 3.59. The van der Waals surface area contributed by atoms with Crippen LogP contribution in [-0.4, -0.2) is 42.3 Å². The zero-order valence-corrected chi connectivity index (χ0v) is 15.7. The van der Waals surface area contributed by atoms with E-state index in [9.17, 15) is 14.4 Å². The molecule has 0 aromatic heterocycles. The minimum atomic E-state index is -0.332. The van der Waals surface area contributed by atoms with Crippen LogP contribution in [0.15, 0.2) is 42.5 Å². The molecule has 2 fully saturated rings. The fourth-order valence-corrected chi connectivity index (χ4v) is 4.26. The summed E-state index contributed by atoms with van der Waals surface area (Å²) < 4.78 is 5.80. The molecule has 1 saturated heterocycles. The van der Waals surface area contributed by atoms with Crippen LogP contribution in [0.2, 0.25) is 0 Å². The second kappa shape index (κ2) is 8.00. The maximum absolute atomic E-state index is 12.4. The van der Waals surface area contributed by atoms with E-state index in [2.05, 4.69) is 5.32 Å². The van der Waals surface area contributed by atoms with Gasteiger partial charge in [-0.25, -0.2) is 0 Å². The average Bonchev–Trinajstić information content (AvgIpc) is 2.96. The Hall–Kier alpha value is -2.89. The van der Waals surface area contributed by atoms with Crippen LogP contribution in [0.4, 0.5) is 0 Å². The van der Waals surface area contributed by atoms with Gasteiger partial charge in [0.15, 0.2) is 0 Å². The Labute approximate surface area is 163 Å². The molecular formula is C22H24N2O4. The molecule has 2 atom stereocenters. The van der Waals surface area contributed by atoms with Crippen molar-refractivity contribution >= 4 is 28.5 Å². The number of nitrogens with zero attached hydrogens (tertiary/aromatic N) is 1. The number of carbonyl (C=O) groups excluding carboxylic acids is 3. The molecule has 2 unspecified atom stereocenters. The highest BCUT2D eigenvalue weighted by molar-refractivity contribution is 6.07. The highest BCUT2D eigenvalue weighted by Gasteiger charge is 2.48. The van der Waals surface area contributed by atoms with Gasteiger partial charge >= 0.3 is 0 Å². The number of imide groups is 1. The van der Waals surface area contributed by atoms with E-state index in [0.717, 1.165) is 47.1 Å². The van der Waals surface area contributed by atoms with Gasteiger partial charge in [-0.1, -0.05) is 49.2 Å². The predicted molar refractivity (Wildman–Crippen MR) is 105 cm³/mol. The van der Waals surface area contributed by atoms with Gasteiger partial charge in [-0.2, -0.15) is 0 Å². The lowest BCUT2D eigenvalue weighted by molar-refractivity contribution is -0.143. The maximum atomic E-state index is 12.4. The minimum Gasteiger partial charge on any atom is -0.491 e. The fourth-order valence-electron chi connectivity index (χ4n) is 4.26. The number of nitrogens with one attached hydrogen (secondary N) is 1. The van der Waals surface area contributed by atoms with Gasteiger partial charge in [0.25, 0.3) is 0 Å². The van der Waals surface area contributed by atoms with E-state index in [1.165, 1.54) is 0 Å². The summed E-state index contributed by atoms with van der Waals surface area (Å²) >= 11 is 0. The molecule has 2 aliphatic rings. The molecule has 1 saturated carbocycles. The Balaban J connectivity index is 1.27. The summed E-state index contributed by atoms with van der Waals surface area (Å²) in [5.41, 5.74) is 0. The van der Waals surface area contributed by atoms with Crippen LogP contribution in [0.3, 0.4) is 0 Å². The Kier molecular flexibility index (Phi) is 5.28. The number of fused-ring (bicyclic) bond motifs is 2. The van der Waals surface area contributed by atoms with Crippen molar-refractivity contribution in [3.8, 4) is 5.75 Å². The second-order valence-corrected chi connectivity index (χ2v) is 7.44. The molecule has 2 aromatic carbocycles. The number of ether oxygens (including phenoxy) is 1. The number of hydrogen-bond acceptors (Lipinski definition) is 4. The molecule has 2 aromatic rings. The first-order chi connectivity index (χ1) is 13.6. The van der Waals surface area contributed by atoms with Crippen LogP contribution >= 0.6 is 0 Å². The first-order valence-corrected chi connectivity index (χ1v) is 9.87. The van der Waals surface area contributed by atoms with Crippen molar-refractivity contribution in [2.24, 2.45) is 11.8 Å². The number of benzene rings is 2. The molecule has 3 amide bonds.